The van der Waals surface area contributed by atoms with E-state index in [4.69, 9.17) is 9.84 Å². The summed E-state index contributed by atoms with van der Waals surface area (Å²) in [7, 11) is 0. The van der Waals surface area contributed by atoms with E-state index >= 15 is 0 Å². The van der Waals surface area contributed by atoms with Crippen molar-refractivity contribution in [1.29, 1.82) is 0 Å². The molecule has 0 bridgehead atoms. The third-order valence-corrected chi connectivity index (χ3v) is 3.40. The third-order valence-electron chi connectivity index (χ3n) is 3.40. The minimum atomic E-state index is -1.05. The number of hydrogen-bond donors (Lipinski definition) is 2. The van der Waals surface area contributed by atoms with Gasteiger partial charge in [-0.15, -0.1) is 0 Å². The zero-order valence-electron chi connectivity index (χ0n) is 11.9. The SMILES string of the molecule is CCc1cccnc1CNC(=O)N1CCOC(C(=O)O)C1. The summed E-state index contributed by atoms with van der Waals surface area (Å²) >= 11 is 0. The van der Waals surface area contributed by atoms with Gasteiger partial charge < -0.3 is 20.1 Å². The molecule has 1 aliphatic heterocycles. The van der Waals surface area contributed by atoms with Crippen molar-refractivity contribution >= 4 is 12.0 Å². The maximum atomic E-state index is 12.1. The summed E-state index contributed by atoms with van der Waals surface area (Å²) in [6.45, 7) is 3.04. The lowest BCUT2D eigenvalue weighted by molar-refractivity contribution is -0.154. The van der Waals surface area contributed by atoms with Gasteiger partial charge in [0.1, 0.15) is 0 Å². The second kappa shape index (κ2) is 7.03. The molecule has 7 heteroatoms. The van der Waals surface area contributed by atoms with Gasteiger partial charge in [0.25, 0.3) is 0 Å². The lowest BCUT2D eigenvalue weighted by Crippen LogP contribution is -2.51. The number of aryl methyl sites for hydroxylation is 1. The number of carboxylic acid groups (broad SMARTS) is 1. The Bertz CT molecular complexity index is 521. The Hall–Kier alpha value is -2.15. The largest absolute Gasteiger partial charge is 0.479 e. The number of urea groups is 1. The molecule has 1 aromatic heterocycles. The van der Waals surface area contributed by atoms with Crippen LogP contribution in [0.5, 0.6) is 0 Å². The maximum Gasteiger partial charge on any atom is 0.334 e. The van der Waals surface area contributed by atoms with Gasteiger partial charge in [-0.05, 0) is 18.1 Å². The highest BCUT2D eigenvalue weighted by Gasteiger charge is 2.28. The Balaban J connectivity index is 1.91. The van der Waals surface area contributed by atoms with Crippen molar-refractivity contribution in [2.24, 2.45) is 0 Å². The molecule has 1 saturated heterocycles. The molecule has 2 rings (SSSR count). The van der Waals surface area contributed by atoms with Crippen LogP contribution < -0.4 is 5.32 Å². The van der Waals surface area contributed by atoms with Crippen molar-refractivity contribution in [3.63, 3.8) is 0 Å². The van der Waals surface area contributed by atoms with Crippen LogP contribution in [0.2, 0.25) is 0 Å². The van der Waals surface area contributed by atoms with E-state index in [9.17, 15) is 9.59 Å². The van der Waals surface area contributed by atoms with Gasteiger partial charge in [0.05, 0.1) is 25.4 Å². The second-order valence-electron chi connectivity index (χ2n) is 4.77. The number of ether oxygens (including phenoxy) is 1. The van der Waals surface area contributed by atoms with Crippen molar-refractivity contribution in [3.05, 3.63) is 29.6 Å². The number of rotatable bonds is 4. The molecule has 1 aromatic rings. The molecular weight excluding hydrogens is 274 g/mol. The average molecular weight is 293 g/mol. The van der Waals surface area contributed by atoms with Gasteiger partial charge in [-0.25, -0.2) is 9.59 Å². The van der Waals surface area contributed by atoms with Crippen LogP contribution in [0.3, 0.4) is 0 Å². The van der Waals surface area contributed by atoms with Gasteiger partial charge >= 0.3 is 12.0 Å². The molecule has 0 saturated carbocycles. The number of nitrogens with one attached hydrogen (secondary N) is 1. The number of amides is 2. The standard InChI is InChI=1S/C14H19N3O4/c1-2-10-4-3-5-15-11(10)8-16-14(20)17-6-7-21-12(9-17)13(18)19/h3-5,12H,2,6-9H2,1H3,(H,16,20)(H,18,19). The normalized spacial score (nSPS) is 18.3. The Kier molecular flexibility index (Phi) is 5.10. The first-order valence-electron chi connectivity index (χ1n) is 6.91. The molecule has 0 aromatic carbocycles. The van der Waals surface area contributed by atoms with Gasteiger partial charge in [0.15, 0.2) is 6.10 Å². The number of carbonyl (C=O) groups is 2. The first-order valence-corrected chi connectivity index (χ1v) is 6.91. The van der Waals surface area contributed by atoms with E-state index < -0.39 is 12.1 Å². The van der Waals surface area contributed by atoms with Gasteiger partial charge in [-0.3, -0.25) is 4.98 Å². The van der Waals surface area contributed by atoms with Crippen LogP contribution in [0, 0.1) is 0 Å². The molecular formula is C14H19N3O4. The minimum Gasteiger partial charge on any atom is -0.479 e. The van der Waals surface area contributed by atoms with Crippen molar-refractivity contribution in [2.45, 2.75) is 26.0 Å². The predicted octanol–water partition coefficient (Wildman–Crippen LogP) is 0.639. The van der Waals surface area contributed by atoms with Crippen LogP contribution in [0.1, 0.15) is 18.2 Å². The number of aromatic nitrogens is 1. The zero-order chi connectivity index (χ0) is 15.2. The molecule has 2 N–H and O–H groups in total. The van der Waals surface area contributed by atoms with Crippen LogP contribution in [-0.2, 0) is 22.5 Å². The van der Waals surface area contributed by atoms with E-state index in [1.54, 1.807) is 6.20 Å². The van der Waals surface area contributed by atoms with Gasteiger partial charge in [0, 0.05) is 12.7 Å². The highest BCUT2D eigenvalue weighted by atomic mass is 16.5. The Labute approximate surface area is 122 Å². The average Bonchev–Trinajstić information content (AvgIpc) is 2.52. The molecule has 1 unspecified atom stereocenters. The topological polar surface area (TPSA) is 91.8 Å². The molecule has 114 valence electrons. The summed E-state index contributed by atoms with van der Waals surface area (Å²) in [6, 6.07) is 3.55. The third kappa shape index (κ3) is 3.91. The molecule has 1 atom stereocenters. The number of pyridine rings is 1. The molecule has 2 heterocycles. The van der Waals surface area contributed by atoms with Crippen molar-refractivity contribution < 1.29 is 19.4 Å². The molecule has 1 aliphatic rings. The summed E-state index contributed by atoms with van der Waals surface area (Å²) < 4.78 is 5.09. The van der Waals surface area contributed by atoms with Gasteiger partial charge in [-0.1, -0.05) is 13.0 Å². The van der Waals surface area contributed by atoms with Gasteiger partial charge in [-0.2, -0.15) is 0 Å². The highest BCUT2D eigenvalue weighted by Crippen LogP contribution is 2.08. The van der Waals surface area contributed by atoms with Crippen molar-refractivity contribution in [2.75, 3.05) is 19.7 Å². The van der Waals surface area contributed by atoms with Crippen molar-refractivity contribution in [1.82, 2.24) is 15.2 Å². The number of nitrogens with zero attached hydrogens (tertiary/aromatic N) is 2. The van der Waals surface area contributed by atoms with E-state index in [0.29, 0.717) is 13.1 Å². The zero-order valence-corrected chi connectivity index (χ0v) is 11.9. The number of carbonyl (C=O) groups excluding carboxylic acids is 1. The number of carboxylic acids is 1. The second-order valence-corrected chi connectivity index (χ2v) is 4.77. The fourth-order valence-electron chi connectivity index (χ4n) is 2.21. The van der Waals surface area contributed by atoms with E-state index in [0.717, 1.165) is 17.7 Å². The van der Waals surface area contributed by atoms with Crippen LogP contribution in [0.25, 0.3) is 0 Å². The first kappa shape index (κ1) is 15.2. The number of aliphatic carboxylic acids is 1. The van der Waals surface area contributed by atoms with E-state index in [-0.39, 0.29) is 19.2 Å². The highest BCUT2D eigenvalue weighted by molar-refractivity contribution is 5.77. The quantitative estimate of drug-likeness (QED) is 0.850. The smallest absolute Gasteiger partial charge is 0.334 e. The van der Waals surface area contributed by atoms with Gasteiger partial charge in [0.2, 0.25) is 0 Å². The van der Waals surface area contributed by atoms with Crippen molar-refractivity contribution in [3.8, 4) is 0 Å². The number of morpholine rings is 1. The fourth-order valence-corrected chi connectivity index (χ4v) is 2.21. The first-order chi connectivity index (χ1) is 10.1. The number of hydrogen-bond acceptors (Lipinski definition) is 4. The Morgan fingerprint density at radius 1 is 1.57 bits per heavy atom. The molecule has 0 aliphatic carbocycles. The lowest BCUT2D eigenvalue weighted by atomic mass is 10.1. The summed E-state index contributed by atoms with van der Waals surface area (Å²) in [6.07, 6.45) is 1.58. The summed E-state index contributed by atoms with van der Waals surface area (Å²) in [5.74, 6) is -1.05. The monoisotopic (exact) mass is 293 g/mol. The summed E-state index contributed by atoms with van der Waals surface area (Å²) in [5.41, 5.74) is 1.92. The summed E-state index contributed by atoms with van der Waals surface area (Å²) in [5, 5.41) is 11.7. The van der Waals surface area contributed by atoms with E-state index in [1.807, 2.05) is 19.1 Å². The maximum absolute atomic E-state index is 12.1. The Morgan fingerprint density at radius 2 is 2.38 bits per heavy atom. The lowest BCUT2D eigenvalue weighted by Gasteiger charge is -2.30. The molecule has 0 spiro atoms. The van der Waals surface area contributed by atoms with Crippen LogP contribution in [0.15, 0.2) is 18.3 Å². The molecule has 21 heavy (non-hydrogen) atoms. The molecule has 2 amide bonds. The minimum absolute atomic E-state index is 0.0595. The van der Waals surface area contributed by atoms with Crippen LogP contribution in [-0.4, -0.2) is 52.8 Å². The molecule has 7 nitrogen and oxygen atoms in total. The fraction of sp³-hybridized carbons (Fsp3) is 0.500. The molecule has 0 radical (unpaired) electrons. The predicted molar refractivity (Wildman–Crippen MR) is 74.8 cm³/mol. The van der Waals surface area contributed by atoms with E-state index in [1.165, 1.54) is 4.90 Å². The summed E-state index contributed by atoms with van der Waals surface area (Å²) in [4.78, 5) is 28.7. The van der Waals surface area contributed by atoms with Crippen LogP contribution >= 0.6 is 0 Å². The molecule has 1 fully saturated rings. The van der Waals surface area contributed by atoms with E-state index in [2.05, 4.69) is 10.3 Å². The Morgan fingerprint density at radius 3 is 3.10 bits per heavy atom. The van der Waals surface area contributed by atoms with Crippen LogP contribution in [0.4, 0.5) is 4.79 Å².